The molecule has 0 heterocycles. The molecule has 0 fully saturated rings. The average molecular weight is 393 g/mol. The van der Waals surface area contributed by atoms with E-state index >= 15 is 0 Å². The fourth-order valence-corrected chi connectivity index (χ4v) is 2.35. The Kier molecular flexibility index (Phi) is 9.36. The molecule has 0 aromatic heterocycles. The number of ether oxygens (including phenoxy) is 2. The highest BCUT2D eigenvalue weighted by atomic mass is 16.6. The Morgan fingerprint density at radius 2 is 1.89 bits per heavy atom. The smallest absolute Gasteiger partial charge is 0.313 e. The van der Waals surface area contributed by atoms with Crippen LogP contribution in [0.3, 0.4) is 0 Å². The molecule has 0 aromatic rings. The predicted molar refractivity (Wildman–Crippen MR) is 88.5 cm³/mol. The molecule has 0 radical (unpaired) electrons. The van der Waals surface area contributed by atoms with Gasteiger partial charge < -0.3 is 19.9 Å². The minimum Gasteiger partial charge on any atom is -0.737 e. The fraction of sp³-hybridized carbons (Fsp3) is 0.846. The first-order chi connectivity index (χ1) is 12.5. The van der Waals surface area contributed by atoms with Gasteiger partial charge in [0.1, 0.15) is 0 Å². The van der Waals surface area contributed by atoms with Gasteiger partial charge in [0.25, 0.3) is 0 Å². The predicted octanol–water partition coefficient (Wildman–Crippen LogP) is 1.00. The highest BCUT2D eigenvalue weighted by molar-refractivity contribution is 5.80. The molecule has 2 N–H and O–H groups in total. The number of nitroso groups, excluding NO2 is 1. The van der Waals surface area contributed by atoms with Crippen LogP contribution in [0.4, 0.5) is 0 Å². The van der Waals surface area contributed by atoms with E-state index in [9.17, 15) is 24.9 Å². The average Bonchev–Trinajstić information content (AvgIpc) is 2.65. The lowest BCUT2D eigenvalue weighted by atomic mass is 9.72. The molecule has 0 saturated heterocycles. The van der Waals surface area contributed by atoms with Crippen LogP contribution in [-0.2, 0) is 19.1 Å². The van der Waals surface area contributed by atoms with Crippen LogP contribution < -0.4 is 5.43 Å². The van der Waals surface area contributed by atoms with Gasteiger partial charge >= 0.3 is 11.9 Å². The van der Waals surface area contributed by atoms with Gasteiger partial charge in [0, 0.05) is 4.97 Å². The Hall–Kier alpha value is -2.74. The van der Waals surface area contributed by atoms with Crippen LogP contribution in [0.1, 0.15) is 40.5 Å². The number of nitrogens with one attached hydrogen (secondary N) is 1. The second-order valence-electron chi connectivity index (χ2n) is 6.56. The molecule has 0 aliphatic rings. The molecule has 1 atom stereocenters. The number of carbonyl (C=O) groups is 2. The number of esters is 2. The lowest BCUT2D eigenvalue weighted by Gasteiger charge is -2.33. The minimum absolute atomic E-state index is 0.104. The van der Waals surface area contributed by atoms with E-state index < -0.39 is 41.1 Å². The Bertz CT molecular complexity index is 557. The van der Waals surface area contributed by atoms with Gasteiger partial charge in [-0.25, -0.2) is 0 Å². The van der Waals surface area contributed by atoms with Crippen molar-refractivity contribution in [2.45, 2.75) is 40.5 Å². The van der Waals surface area contributed by atoms with Crippen molar-refractivity contribution < 1.29 is 29.2 Å². The van der Waals surface area contributed by atoms with E-state index in [0.29, 0.717) is 11.4 Å². The zero-order chi connectivity index (χ0) is 21.3. The third kappa shape index (κ3) is 7.18. The van der Waals surface area contributed by atoms with E-state index in [1.54, 1.807) is 27.7 Å². The molecule has 0 aliphatic carbocycles. The van der Waals surface area contributed by atoms with E-state index in [1.807, 2.05) is 5.43 Å². The molecule has 14 nitrogen and oxygen atoms in total. The van der Waals surface area contributed by atoms with E-state index in [1.165, 1.54) is 7.11 Å². The zero-order valence-corrected chi connectivity index (χ0v) is 15.9. The number of methoxy groups -OCH3 is 1. The van der Waals surface area contributed by atoms with Crippen molar-refractivity contribution in [3.05, 3.63) is 15.3 Å². The van der Waals surface area contributed by atoms with Gasteiger partial charge in [0.2, 0.25) is 6.73 Å². The third-order valence-corrected chi connectivity index (χ3v) is 3.97. The topological polar surface area (TPSA) is 182 Å². The lowest BCUT2D eigenvalue weighted by Crippen LogP contribution is -2.46. The molecule has 0 rings (SSSR count). The van der Waals surface area contributed by atoms with Gasteiger partial charge in [-0.1, -0.05) is 17.2 Å². The van der Waals surface area contributed by atoms with Crippen molar-refractivity contribution in [2.75, 3.05) is 20.5 Å². The number of nitrogens with zero attached hydrogens (tertiary/aromatic N) is 5. The Labute approximate surface area is 155 Å². The van der Waals surface area contributed by atoms with E-state index in [2.05, 4.69) is 10.6 Å². The molecule has 0 spiro atoms. The standard InChI is InChI=1S/C13H26N6O8/c1-6-13(4,7-12(2,3)10(20)26-5)11(21)27-9-17(19(25)16-23)8-14-18(24)15-22/h14,23-24H,6-9H2,1-5H3/p-1/b19-16-. The molecule has 156 valence electrons. The van der Waals surface area contributed by atoms with E-state index in [-0.39, 0.29) is 11.7 Å². The summed E-state index contributed by atoms with van der Waals surface area (Å²) in [5.41, 5.74) is -0.134. The largest absolute Gasteiger partial charge is 0.737 e. The van der Waals surface area contributed by atoms with E-state index in [4.69, 9.17) is 14.7 Å². The Balaban J connectivity index is 5.11. The highest BCUT2D eigenvalue weighted by Crippen LogP contribution is 2.38. The van der Waals surface area contributed by atoms with Gasteiger partial charge in [0.05, 0.1) is 23.2 Å². The summed E-state index contributed by atoms with van der Waals surface area (Å²) in [6.07, 6.45) is 0.420. The number of carbonyl (C=O) groups excluding carboxylic acids is 2. The Morgan fingerprint density at radius 3 is 2.33 bits per heavy atom. The second-order valence-corrected chi connectivity index (χ2v) is 6.56. The summed E-state index contributed by atoms with van der Waals surface area (Å²) in [6.45, 7) is 5.20. The summed E-state index contributed by atoms with van der Waals surface area (Å²) in [4.78, 5) is 34.0. The van der Waals surface area contributed by atoms with Gasteiger partial charge in [-0.3, -0.25) is 14.8 Å². The van der Waals surface area contributed by atoms with Crippen molar-refractivity contribution in [1.29, 1.82) is 0 Å². The summed E-state index contributed by atoms with van der Waals surface area (Å²) < 4.78 is 9.78. The van der Waals surface area contributed by atoms with E-state index in [0.717, 1.165) is 0 Å². The summed E-state index contributed by atoms with van der Waals surface area (Å²) in [5, 5.41) is 35.1. The molecule has 0 amide bonds. The number of hydrogen-bond acceptors (Lipinski definition) is 11. The summed E-state index contributed by atoms with van der Waals surface area (Å²) >= 11 is 0. The second kappa shape index (κ2) is 10.4. The Morgan fingerprint density at radius 1 is 1.30 bits per heavy atom. The van der Waals surface area contributed by atoms with Crippen molar-refractivity contribution >= 4 is 11.9 Å². The number of hydrazine groups is 2. The molecule has 0 aliphatic heterocycles. The van der Waals surface area contributed by atoms with Gasteiger partial charge in [-0.05, 0) is 38.9 Å². The quantitative estimate of drug-likeness (QED) is 0.120. The molecule has 0 aromatic carbocycles. The first kappa shape index (κ1) is 24.3. The van der Waals surface area contributed by atoms with Crippen LogP contribution in [0.5, 0.6) is 0 Å². The van der Waals surface area contributed by atoms with Crippen LogP contribution >= 0.6 is 0 Å². The van der Waals surface area contributed by atoms with Crippen molar-refractivity contribution in [3.63, 3.8) is 0 Å². The third-order valence-electron chi connectivity index (χ3n) is 3.97. The van der Waals surface area contributed by atoms with Crippen LogP contribution in [0, 0.1) is 26.2 Å². The number of hydrogen-bond donors (Lipinski definition) is 2. The summed E-state index contributed by atoms with van der Waals surface area (Å²) in [7, 11) is 1.24. The molecular weight excluding hydrogens is 368 g/mol. The van der Waals surface area contributed by atoms with Crippen molar-refractivity contribution in [3.8, 4) is 0 Å². The fourth-order valence-electron chi connectivity index (χ4n) is 2.35. The molecule has 27 heavy (non-hydrogen) atoms. The van der Waals surface area contributed by atoms with Gasteiger partial charge in [-0.2, -0.15) is 5.43 Å². The lowest BCUT2D eigenvalue weighted by molar-refractivity contribution is -0.699. The first-order valence-corrected chi connectivity index (χ1v) is 7.84. The molecule has 0 saturated carbocycles. The normalized spacial score (nSPS) is 14.1. The summed E-state index contributed by atoms with van der Waals surface area (Å²) in [5.74, 6) is -1.23. The molecule has 14 heteroatoms. The van der Waals surface area contributed by atoms with Gasteiger partial charge in [0.15, 0.2) is 6.67 Å². The van der Waals surface area contributed by atoms with Crippen LogP contribution in [0.15, 0.2) is 10.6 Å². The molecule has 0 bridgehead atoms. The van der Waals surface area contributed by atoms with Crippen LogP contribution in [0.25, 0.3) is 0 Å². The first-order valence-electron chi connectivity index (χ1n) is 7.84. The molecule has 1 unspecified atom stereocenters. The SMILES string of the molecule is CCC(C)(CC(C)(C)C(=O)OC)C(=O)OCN(CNN(O)N=O)/[N+]([O-])=N/[O-]. The highest BCUT2D eigenvalue weighted by Gasteiger charge is 2.43. The van der Waals surface area contributed by atoms with Crippen molar-refractivity contribution in [2.24, 2.45) is 21.4 Å². The monoisotopic (exact) mass is 393 g/mol. The maximum atomic E-state index is 12.5. The molecular formula is C13H25N6O8-. The van der Waals surface area contributed by atoms with Crippen molar-refractivity contribution in [1.82, 2.24) is 15.7 Å². The van der Waals surface area contributed by atoms with Crippen LogP contribution in [-0.4, -0.2) is 52.9 Å². The minimum atomic E-state index is -1.09. The summed E-state index contributed by atoms with van der Waals surface area (Å²) in [6, 6.07) is 0. The van der Waals surface area contributed by atoms with Crippen LogP contribution in [0.2, 0.25) is 0 Å². The zero-order valence-electron chi connectivity index (χ0n) is 15.9. The maximum absolute atomic E-state index is 12.5. The van der Waals surface area contributed by atoms with Gasteiger partial charge in [-0.15, -0.1) is 4.91 Å². The maximum Gasteiger partial charge on any atom is 0.313 e. The number of rotatable bonds is 12.